The highest BCUT2D eigenvalue weighted by Crippen LogP contribution is 2.14. The van der Waals surface area contributed by atoms with Crippen LogP contribution in [0.3, 0.4) is 0 Å². The van der Waals surface area contributed by atoms with Crippen molar-refractivity contribution in [1.82, 2.24) is 0 Å². The van der Waals surface area contributed by atoms with E-state index in [4.69, 9.17) is 5.73 Å². The normalized spacial score (nSPS) is 10.6. The van der Waals surface area contributed by atoms with E-state index in [1.54, 1.807) is 0 Å². The van der Waals surface area contributed by atoms with Crippen molar-refractivity contribution in [2.45, 2.75) is 20.8 Å². The number of nitrogen functional groups attached to an aromatic ring is 1. The van der Waals surface area contributed by atoms with Gasteiger partial charge >= 0.3 is 0 Å². The van der Waals surface area contributed by atoms with Crippen LogP contribution in [0.5, 0.6) is 0 Å². The number of benzene rings is 1. The molecule has 0 atom stereocenters. The summed E-state index contributed by atoms with van der Waals surface area (Å²) in [5.41, 5.74) is 6.62. The van der Waals surface area contributed by atoms with Gasteiger partial charge in [0.15, 0.2) is 0 Å². The first kappa shape index (κ1) is 10.6. The van der Waals surface area contributed by atoms with Crippen molar-refractivity contribution in [3.05, 3.63) is 29.6 Å². The predicted octanol–water partition coefficient (Wildman–Crippen LogP) is 2.81. The van der Waals surface area contributed by atoms with E-state index in [0.717, 1.165) is 0 Å². The summed E-state index contributed by atoms with van der Waals surface area (Å²) >= 11 is 0. The van der Waals surface area contributed by atoms with Crippen molar-refractivity contribution in [3.8, 4) is 11.8 Å². The summed E-state index contributed by atoms with van der Waals surface area (Å²) in [6.45, 7) is 5.99. The highest BCUT2D eigenvalue weighted by atomic mass is 19.1. The summed E-state index contributed by atoms with van der Waals surface area (Å²) in [7, 11) is 0. The Morgan fingerprint density at radius 3 is 2.50 bits per heavy atom. The second-order valence-corrected chi connectivity index (χ2v) is 4.23. The van der Waals surface area contributed by atoms with Crippen LogP contribution in [0.2, 0.25) is 0 Å². The Morgan fingerprint density at radius 1 is 1.29 bits per heavy atom. The van der Waals surface area contributed by atoms with Crippen LogP contribution in [0.1, 0.15) is 26.3 Å². The number of hydrogen-bond donors (Lipinski definition) is 1. The van der Waals surface area contributed by atoms with Crippen LogP contribution in [0.15, 0.2) is 18.2 Å². The van der Waals surface area contributed by atoms with Gasteiger partial charge in [-0.25, -0.2) is 4.39 Å². The average molecular weight is 191 g/mol. The van der Waals surface area contributed by atoms with Gasteiger partial charge in [-0.15, -0.1) is 0 Å². The Bertz CT molecular complexity index is 391. The molecule has 1 aromatic rings. The summed E-state index contributed by atoms with van der Waals surface area (Å²) in [5.74, 6) is 5.58. The molecular weight excluding hydrogens is 177 g/mol. The minimum Gasteiger partial charge on any atom is -0.398 e. The molecule has 1 nitrogen and oxygen atoms in total. The molecule has 14 heavy (non-hydrogen) atoms. The van der Waals surface area contributed by atoms with Gasteiger partial charge < -0.3 is 5.73 Å². The molecule has 0 aliphatic rings. The van der Waals surface area contributed by atoms with E-state index < -0.39 is 0 Å². The van der Waals surface area contributed by atoms with Gasteiger partial charge in [-0.05, 0) is 39.0 Å². The van der Waals surface area contributed by atoms with E-state index in [2.05, 4.69) is 11.8 Å². The summed E-state index contributed by atoms with van der Waals surface area (Å²) in [4.78, 5) is 0. The molecule has 0 amide bonds. The molecular formula is C12H14FN. The van der Waals surface area contributed by atoms with Crippen LogP contribution >= 0.6 is 0 Å². The van der Waals surface area contributed by atoms with E-state index in [0.29, 0.717) is 11.3 Å². The summed E-state index contributed by atoms with van der Waals surface area (Å²) < 4.78 is 12.8. The zero-order valence-electron chi connectivity index (χ0n) is 8.69. The minimum absolute atomic E-state index is 0.0985. The minimum atomic E-state index is -0.308. The molecule has 2 heteroatoms. The molecule has 74 valence electrons. The number of anilines is 1. The van der Waals surface area contributed by atoms with E-state index in [9.17, 15) is 4.39 Å². The molecule has 1 aromatic carbocycles. The third-order valence-corrected chi connectivity index (χ3v) is 1.59. The fraction of sp³-hybridized carbons (Fsp3) is 0.333. The number of hydrogen-bond acceptors (Lipinski definition) is 1. The monoisotopic (exact) mass is 191 g/mol. The number of rotatable bonds is 0. The Balaban J connectivity index is 3.06. The van der Waals surface area contributed by atoms with Crippen LogP contribution in [0.4, 0.5) is 10.1 Å². The fourth-order valence-corrected chi connectivity index (χ4v) is 0.892. The van der Waals surface area contributed by atoms with E-state index >= 15 is 0 Å². The first-order valence-corrected chi connectivity index (χ1v) is 4.47. The predicted molar refractivity (Wildman–Crippen MR) is 57.1 cm³/mol. The van der Waals surface area contributed by atoms with Gasteiger partial charge in [0, 0.05) is 11.1 Å². The van der Waals surface area contributed by atoms with Gasteiger partial charge in [0.25, 0.3) is 0 Å². The second-order valence-electron chi connectivity index (χ2n) is 4.23. The standard InChI is InChI=1S/C12H14FN/c1-12(2,3)7-6-9-8-10(13)4-5-11(9)14/h4-5,8H,14H2,1-3H3. The molecule has 0 saturated heterocycles. The van der Waals surface area contributed by atoms with Gasteiger partial charge in [-0.3, -0.25) is 0 Å². The van der Waals surface area contributed by atoms with Gasteiger partial charge in [-0.2, -0.15) is 0 Å². The van der Waals surface area contributed by atoms with Crippen molar-refractivity contribution in [2.24, 2.45) is 5.41 Å². The highest BCUT2D eigenvalue weighted by Gasteiger charge is 2.04. The van der Waals surface area contributed by atoms with Crippen LogP contribution in [0.25, 0.3) is 0 Å². The molecule has 0 saturated carbocycles. The Morgan fingerprint density at radius 2 is 1.93 bits per heavy atom. The van der Waals surface area contributed by atoms with E-state index in [1.807, 2.05) is 20.8 Å². The third kappa shape index (κ3) is 3.10. The molecule has 0 fully saturated rings. The molecule has 0 unspecified atom stereocenters. The number of halogens is 1. The van der Waals surface area contributed by atoms with Crippen LogP contribution in [-0.2, 0) is 0 Å². The van der Waals surface area contributed by atoms with Gasteiger partial charge in [-0.1, -0.05) is 11.8 Å². The molecule has 0 radical (unpaired) electrons. The van der Waals surface area contributed by atoms with Gasteiger partial charge in [0.2, 0.25) is 0 Å². The summed E-state index contributed by atoms with van der Waals surface area (Å²) in [6.07, 6.45) is 0. The zero-order chi connectivity index (χ0) is 10.8. The smallest absolute Gasteiger partial charge is 0.124 e. The topological polar surface area (TPSA) is 26.0 Å². The first-order chi connectivity index (χ1) is 6.38. The molecule has 1 rings (SSSR count). The highest BCUT2D eigenvalue weighted by molar-refractivity contribution is 5.55. The van der Waals surface area contributed by atoms with E-state index in [-0.39, 0.29) is 11.2 Å². The van der Waals surface area contributed by atoms with Gasteiger partial charge in [0.1, 0.15) is 5.82 Å². The van der Waals surface area contributed by atoms with Crippen LogP contribution < -0.4 is 5.73 Å². The van der Waals surface area contributed by atoms with Crippen molar-refractivity contribution in [2.75, 3.05) is 5.73 Å². The Labute approximate surface area is 84.1 Å². The lowest BCUT2D eigenvalue weighted by Crippen LogP contribution is -2.00. The zero-order valence-corrected chi connectivity index (χ0v) is 8.69. The first-order valence-electron chi connectivity index (χ1n) is 4.47. The Kier molecular flexibility index (Phi) is 2.81. The lowest BCUT2D eigenvalue weighted by Gasteiger charge is -2.07. The van der Waals surface area contributed by atoms with Crippen molar-refractivity contribution >= 4 is 5.69 Å². The van der Waals surface area contributed by atoms with E-state index in [1.165, 1.54) is 18.2 Å². The van der Waals surface area contributed by atoms with Crippen molar-refractivity contribution in [3.63, 3.8) is 0 Å². The lowest BCUT2D eigenvalue weighted by atomic mass is 9.97. The van der Waals surface area contributed by atoms with Crippen LogP contribution in [-0.4, -0.2) is 0 Å². The summed E-state index contributed by atoms with van der Waals surface area (Å²) in [6, 6.07) is 4.22. The molecule has 2 N–H and O–H groups in total. The maximum Gasteiger partial charge on any atom is 0.124 e. The molecule has 0 bridgehead atoms. The average Bonchev–Trinajstić information content (AvgIpc) is 2.05. The second kappa shape index (κ2) is 3.71. The molecule has 0 aliphatic heterocycles. The van der Waals surface area contributed by atoms with Crippen molar-refractivity contribution < 1.29 is 4.39 Å². The quantitative estimate of drug-likeness (QED) is 0.495. The SMILES string of the molecule is CC(C)(C)C#Cc1cc(F)ccc1N. The molecule has 0 aromatic heterocycles. The molecule has 0 aliphatic carbocycles. The molecule has 0 spiro atoms. The van der Waals surface area contributed by atoms with Crippen LogP contribution in [0, 0.1) is 23.1 Å². The van der Waals surface area contributed by atoms with Crippen molar-refractivity contribution in [1.29, 1.82) is 0 Å². The van der Waals surface area contributed by atoms with Gasteiger partial charge in [0.05, 0.1) is 5.56 Å². The lowest BCUT2D eigenvalue weighted by molar-refractivity contribution is 0.571. The summed E-state index contributed by atoms with van der Waals surface area (Å²) in [5, 5.41) is 0. The maximum atomic E-state index is 12.8. The largest absolute Gasteiger partial charge is 0.398 e. The Hall–Kier alpha value is -1.49. The molecule has 0 heterocycles. The third-order valence-electron chi connectivity index (χ3n) is 1.59. The number of nitrogens with two attached hydrogens (primary N) is 1. The maximum absolute atomic E-state index is 12.8. The fourth-order valence-electron chi connectivity index (χ4n) is 0.892.